The van der Waals surface area contributed by atoms with Gasteiger partial charge >= 0.3 is 0 Å². The second-order valence-corrected chi connectivity index (χ2v) is 9.89. The number of fused-ring (bicyclic) bond motifs is 3. The summed E-state index contributed by atoms with van der Waals surface area (Å²) in [6.07, 6.45) is 5.76. The third-order valence-corrected chi connectivity index (χ3v) is 7.46. The van der Waals surface area contributed by atoms with Crippen LogP contribution in [-0.2, 0) is 17.6 Å². The van der Waals surface area contributed by atoms with Gasteiger partial charge in [-0.05, 0) is 71.3 Å². The summed E-state index contributed by atoms with van der Waals surface area (Å²) in [5.41, 5.74) is 3.97. The average Bonchev–Trinajstić information content (AvgIpc) is 3.14. The summed E-state index contributed by atoms with van der Waals surface area (Å²) in [7, 11) is 1.44. The topological polar surface area (TPSA) is 106 Å². The lowest BCUT2D eigenvalue weighted by Gasteiger charge is -2.18. The molecule has 168 valence electrons. The van der Waals surface area contributed by atoms with Gasteiger partial charge in [-0.15, -0.1) is 11.3 Å². The van der Waals surface area contributed by atoms with E-state index in [4.69, 9.17) is 4.74 Å². The molecule has 32 heavy (non-hydrogen) atoms. The molecule has 1 aliphatic carbocycles. The van der Waals surface area contributed by atoms with Gasteiger partial charge in [-0.2, -0.15) is 5.10 Å². The number of hydrogen-bond acceptors (Lipinski definition) is 7. The van der Waals surface area contributed by atoms with Crippen molar-refractivity contribution in [3.05, 3.63) is 49.3 Å². The third-order valence-electron chi connectivity index (χ3n) is 5.70. The Bertz CT molecular complexity index is 1280. The Hall–Kier alpha value is -2.72. The highest BCUT2D eigenvalue weighted by Crippen LogP contribution is 2.36. The van der Waals surface area contributed by atoms with Crippen LogP contribution in [0.15, 0.2) is 32.8 Å². The van der Waals surface area contributed by atoms with E-state index in [1.807, 2.05) is 0 Å². The number of carbonyl (C=O) groups excluding carboxylic acids is 1. The summed E-state index contributed by atoms with van der Waals surface area (Å²) in [6.45, 7) is 3.86. The molecular weight excluding hydrogens is 496 g/mol. The van der Waals surface area contributed by atoms with Gasteiger partial charge in [0, 0.05) is 4.88 Å². The van der Waals surface area contributed by atoms with Gasteiger partial charge in [-0.3, -0.25) is 14.2 Å². The minimum atomic E-state index is -0.782. The number of aromatic hydroxyl groups is 1. The van der Waals surface area contributed by atoms with Crippen LogP contribution in [0.25, 0.3) is 10.2 Å². The van der Waals surface area contributed by atoms with Crippen molar-refractivity contribution in [3.63, 3.8) is 0 Å². The van der Waals surface area contributed by atoms with Crippen molar-refractivity contribution in [1.29, 1.82) is 0 Å². The molecule has 0 aliphatic heterocycles. The highest BCUT2D eigenvalue weighted by molar-refractivity contribution is 9.10. The molecule has 0 saturated heterocycles. The largest absolute Gasteiger partial charge is 0.503 e. The molecule has 1 aromatic carbocycles. The summed E-state index contributed by atoms with van der Waals surface area (Å²) in [6, 6.07) is 2.44. The lowest BCUT2D eigenvalue weighted by molar-refractivity contribution is -0.123. The van der Waals surface area contributed by atoms with Gasteiger partial charge in [-0.25, -0.2) is 10.4 Å². The van der Waals surface area contributed by atoms with E-state index in [1.54, 1.807) is 30.4 Å². The minimum absolute atomic E-state index is 0.0188. The molecule has 2 heterocycles. The second-order valence-electron chi connectivity index (χ2n) is 7.95. The zero-order valence-corrected chi connectivity index (χ0v) is 20.3. The Labute approximate surface area is 197 Å². The first kappa shape index (κ1) is 22.5. The van der Waals surface area contributed by atoms with Gasteiger partial charge in [0.05, 0.1) is 29.5 Å². The quantitative estimate of drug-likeness (QED) is 0.395. The maximum Gasteiger partial charge on any atom is 0.263 e. The van der Waals surface area contributed by atoms with Crippen LogP contribution < -0.4 is 15.7 Å². The number of amides is 1. The number of halogens is 1. The van der Waals surface area contributed by atoms with Crippen LogP contribution in [-0.4, -0.2) is 33.9 Å². The summed E-state index contributed by atoms with van der Waals surface area (Å²) < 4.78 is 6.91. The highest BCUT2D eigenvalue weighted by atomic mass is 79.9. The molecule has 2 aromatic heterocycles. The fraction of sp³-hybridized carbons (Fsp3) is 0.364. The number of hydrazone groups is 1. The second kappa shape index (κ2) is 9.03. The minimum Gasteiger partial charge on any atom is -0.503 e. The van der Waals surface area contributed by atoms with E-state index in [0.717, 1.165) is 29.7 Å². The van der Waals surface area contributed by atoms with Gasteiger partial charge in [0.15, 0.2) is 11.5 Å². The number of aryl methyl sites for hydroxylation is 1. The van der Waals surface area contributed by atoms with Crippen LogP contribution in [0.1, 0.15) is 42.3 Å². The van der Waals surface area contributed by atoms with Crippen LogP contribution in [0.5, 0.6) is 11.5 Å². The molecular formula is C22H23BrN4O4S. The van der Waals surface area contributed by atoms with Crippen LogP contribution >= 0.6 is 27.3 Å². The van der Waals surface area contributed by atoms with Crippen molar-refractivity contribution >= 4 is 49.6 Å². The van der Waals surface area contributed by atoms with Crippen molar-refractivity contribution in [3.8, 4) is 11.5 Å². The number of benzene rings is 1. The van der Waals surface area contributed by atoms with Gasteiger partial charge in [0.2, 0.25) is 0 Å². The molecule has 0 radical (unpaired) electrons. The van der Waals surface area contributed by atoms with E-state index >= 15 is 0 Å². The molecule has 2 N–H and O–H groups in total. The van der Waals surface area contributed by atoms with Crippen molar-refractivity contribution < 1.29 is 14.6 Å². The van der Waals surface area contributed by atoms with E-state index in [1.165, 1.54) is 29.1 Å². The summed E-state index contributed by atoms with van der Waals surface area (Å²) in [5.74, 6) is 0.427. The molecule has 1 aliphatic rings. The normalized spacial score (nSPS) is 16.8. The SMILES string of the molecule is COc1cc(C=NNC(=O)C(C)n2cnc3sc4c(c3c2=O)CCC(C)C4)cc(Br)c1O. The Morgan fingerprint density at radius 1 is 1.50 bits per heavy atom. The summed E-state index contributed by atoms with van der Waals surface area (Å²) >= 11 is 4.83. The Balaban J connectivity index is 1.54. The molecule has 0 bridgehead atoms. The number of ether oxygens (including phenoxy) is 1. The number of phenolic OH excluding ortho intramolecular Hbond substituents is 1. The summed E-state index contributed by atoms with van der Waals surface area (Å²) in [4.78, 5) is 32.3. The molecule has 2 unspecified atom stereocenters. The predicted molar refractivity (Wildman–Crippen MR) is 128 cm³/mol. The summed E-state index contributed by atoms with van der Waals surface area (Å²) in [5, 5.41) is 14.5. The smallest absolute Gasteiger partial charge is 0.263 e. The number of nitrogens with zero attached hydrogens (tertiary/aromatic N) is 3. The van der Waals surface area contributed by atoms with Crippen molar-refractivity contribution in [2.75, 3.05) is 7.11 Å². The van der Waals surface area contributed by atoms with Crippen molar-refractivity contribution in [2.24, 2.45) is 11.0 Å². The van der Waals surface area contributed by atoms with Gasteiger partial charge in [0.25, 0.3) is 11.5 Å². The maximum atomic E-state index is 13.2. The first-order valence-electron chi connectivity index (χ1n) is 10.2. The van der Waals surface area contributed by atoms with Gasteiger partial charge < -0.3 is 9.84 Å². The van der Waals surface area contributed by atoms with E-state index in [2.05, 4.69) is 38.4 Å². The fourth-order valence-electron chi connectivity index (χ4n) is 3.83. The Morgan fingerprint density at radius 2 is 2.28 bits per heavy atom. The molecule has 8 nitrogen and oxygen atoms in total. The van der Waals surface area contributed by atoms with E-state index in [0.29, 0.717) is 21.3 Å². The number of methoxy groups -OCH3 is 1. The molecule has 2 atom stereocenters. The standard InChI is InChI=1S/C22H23BrN4O4S/c1-11-4-5-14-17(6-11)32-21-18(14)22(30)27(10-24-21)12(2)20(29)26-25-9-13-7-15(23)19(28)16(8-13)31-3/h7-12,28H,4-6H2,1-3H3,(H,26,29). The van der Waals surface area contributed by atoms with Crippen LogP contribution in [0.4, 0.5) is 0 Å². The Morgan fingerprint density at radius 3 is 3.03 bits per heavy atom. The molecule has 0 spiro atoms. The zero-order valence-electron chi connectivity index (χ0n) is 17.9. The van der Waals surface area contributed by atoms with Crippen LogP contribution in [0.2, 0.25) is 0 Å². The molecule has 4 rings (SSSR count). The van der Waals surface area contributed by atoms with Crippen LogP contribution in [0.3, 0.4) is 0 Å². The number of rotatable bonds is 5. The maximum absolute atomic E-state index is 13.2. The molecule has 1 amide bonds. The molecule has 3 aromatic rings. The van der Waals surface area contributed by atoms with E-state index < -0.39 is 11.9 Å². The third kappa shape index (κ3) is 4.16. The van der Waals surface area contributed by atoms with Crippen LogP contribution in [0, 0.1) is 5.92 Å². The average molecular weight is 519 g/mol. The first-order valence-corrected chi connectivity index (χ1v) is 11.8. The number of hydrogen-bond donors (Lipinski definition) is 2. The highest BCUT2D eigenvalue weighted by Gasteiger charge is 2.25. The molecule has 0 fully saturated rings. The first-order chi connectivity index (χ1) is 15.3. The Kier molecular flexibility index (Phi) is 6.34. The lowest BCUT2D eigenvalue weighted by atomic mass is 9.89. The number of nitrogens with one attached hydrogen (secondary N) is 1. The monoisotopic (exact) mass is 518 g/mol. The van der Waals surface area contributed by atoms with Gasteiger partial charge in [0.1, 0.15) is 10.9 Å². The predicted octanol–water partition coefficient (Wildman–Crippen LogP) is 3.77. The van der Waals surface area contributed by atoms with Crippen molar-refractivity contribution in [1.82, 2.24) is 15.0 Å². The van der Waals surface area contributed by atoms with Gasteiger partial charge in [-0.1, -0.05) is 6.92 Å². The lowest BCUT2D eigenvalue weighted by Crippen LogP contribution is -2.34. The number of phenols is 1. The number of thiophene rings is 1. The zero-order chi connectivity index (χ0) is 23.0. The van der Waals surface area contributed by atoms with E-state index in [9.17, 15) is 14.7 Å². The molecule has 0 saturated carbocycles. The number of carbonyl (C=O) groups is 1. The molecule has 10 heteroatoms. The van der Waals surface area contributed by atoms with E-state index in [-0.39, 0.29) is 17.1 Å². The van der Waals surface area contributed by atoms with Crippen molar-refractivity contribution in [2.45, 2.75) is 39.2 Å². The fourth-order valence-corrected chi connectivity index (χ4v) is 5.63. The number of aromatic nitrogens is 2.